The van der Waals surface area contributed by atoms with Gasteiger partial charge in [-0.2, -0.15) is 9.97 Å². The minimum atomic E-state index is -0.450. The van der Waals surface area contributed by atoms with Gasteiger partial charge in [0.05, 0.1) is 19.3 Å². The smallest absolute Gasteiger partial charge is 0.320 e. The Hall–Kier alpha value is -3.07. The van der Waals surface area contributed by atoms with Crippen molar-refractivity contribution in [3.63, 3.8) is 0 Å². The number of aromatic nitrogens is 5. The van der Waals surface area contributed by atoms with Crippen molar-refractivity contribution < 1.29 is 9.13 Å². The molecule has 3 heterocycles. The van der Waals surface area contributed by atoms with Gasteiger partial charge in [0.2, 0.25) is 0 Å². The summed E-state index contributed by atoms with van der Waals surface area (Å²) in [5.74, 6) is 0.252. The number of ether oxygens (including phenoxy) is 1. The molecule has 28 heavy (non-hydrogen) atoms. The third kappa shape index (κ3) is 3.53. The van der Waals surface area contributed by atoms with Gasteiger partial charge in [0.15, 0.2) is 17.0 Å². The van der Waals surface area contributed by atoms with Crippen LogP contribution in [0.5, 0.6) is 6.01 Å². The first kappa shape index (κ1) is 18.3. The van der Waals surface area contributed by atoms with Crippen molar-refractivity contribution in [2.75, 3.05) is 12.3 Å². The topological polar surface area (TPSA) is 91.7 Å². The fourth-order valence-electron chi connectivity index (χ4n) is 2.87. The Balaban J connectivity index is 1.93. The second-order valence-corrected chi connectivity index (χ2v) is 6.95. The lowest BCUT2D eigenvalue weighted by Crippen LogP contribution is -2.06. The Morgan fingerprint density at radius 2 is 1.93 bits per heavy atom. The summed E-state index contributed by atoms with van der Waals surface area (Å²) >= 11 is 3.44. The molecule has 7 nitrogen and oxygen atoms in total. The molecule has 1 aromatic carbocycles. The molecule has 0 amide bonds. The maximum absolute atomic E-state index is 13.8. The summed E-state index contributed by atoms with van der Waals surface area (Å²) in [7, 11) is 0. The summed E-state index contributed by atoms with van der Waals surface area (Å²) in [5, 5.41) is 0. The largest absolute Gasteiger partial charge is 0.464 e. The number of hydrogen-bond acceptors (Lipinski definition) is 6. The number of halogens is 2. The van der Waals surface area contributed by atoms with E-state index in [1.54, 1.807) is 6.20 Å². The van der Waals surface area contributed by atoms with Crippen LogP contribution in [0, 0.1) is 5.82 Å². The fourth-order valence-corrected chi connectivity index (χ4v) is 3.14. The highest BCUT2D eigenvalue weighted by Gasteiger charge is 2.19. The molecular weight excluding hydrogens is 427 g/mol. The fraction of sp³-hybridized carbons (Fsp3) is 0.158. The number of hydrogen-bond donors (Lipinski definition) is 1. The first-order valence-corrected chi connectivity index (χ1v) is 9.36. The number of pyridine rings is 1. The van der Waals surface area contributed by atoms with Crippen LogP contribution in [0.2, 0.25) is 0 Å². The summed E-state index contributed by atoms with van der Waals surface area (Å²) < 4.78 is 22.0. The van der Waals surface area contributed by atoms with Crippen molar-refractivity contribution in [3.8, 4) is 17.4 Å². The lowest BCUT2D eigenvalue weighted by atomic mass is 10.2. The molecule has 0 bridgehead atoms. The molecular formula is C19H16BrFN6O. The molecule has 0 saturated heterocycles. The molecule has 0 aliphatic carbocycles. The van der Waals surface area contributed by atoms with Gasteiger partial charge in [-0.15, -0.1) is 0 Å². The molecule has 9 heteroatoms. The van der Waals surface area contributed by atoms with Crippen molar-refractivity contribution in [3.05, 3.63) is 58.6 Å². The van der Waals surface area contributed by atoms with Crippen LogP contribution in [-0.4, -0.2) is 31.1 Å². The molecule has 4 aromatic rings. The zero-order valence-corrected chi connectivity index (χ0v) is 16.5. The second kappa shape index (κ2) is 7.51. The Morgan fingerprint density at radius 3 is 2.64 bits per heavy atom. The van der Waals surface area contributed by atoms with E-state index in [4.69, 9.17) is 10.5 Å². The van der Waals surface area contributed by atoms with Gasteiger partial charge >= 0.3 is 6.01 Å². The van der Waals surface area contributed by atoms with E-state index < -0.39 is 5.82 Å². The Morgan fingerprint density at radius 1 is 1.14 bits per heavy atom. The molecule has 2 N–H and O–H groups in total. The SMILES string of the molecule is CCOc1nc(N)c2nc(-c3cncc(F)c3)n(Cc3ccc(Br)cc3)c2n1. The van der Waals surface area contributed by atoms with E-state index in [-0.39, 0.29) is 11.8 Å². The molecule has 0 fully saturated rings. The van der Waals surface area contributed by atoms with Gasteiger partial charge in [0, 0.05) is 16.2 Å². The van der Waals surface area contributed by atoms with Crippen molar-refractivity contribution in [1.82, 2.24) is 24.5 Å². The summed E-state index contributed by atoms with van der Waals surface area (Å²) in [6, 6.07) is 9.42. The lowest BCUT2D eigenvalue weighted by molar-refractivity contribution is 0.314. The average Bonchev–Trinajstić information content (AvgIpc) is 3.03. The molecule has 4 rings (SSSR count). The van der Waals surface area contributed by atoms with Crippen LogP contribution in [0.15, 0.2) is 47.2 Å². The van der Waals surface area contributed by atoms with Crippen molar-refractivity contribution in [2.45, 2.75) is 13.5 Å². The number of imidazole rings is 1. The van der Waals surface area contributed by atoms with Crippen molar-refractivity contribution in [2.24, 2.45) is 0 Å². The van der Waals surface area contributed by atoms with E-state index in [9.17, 15) is 4.39 Å². The van der Waals surface area contributed by atoms with Gasteiger partial charge in [-0.05, 0) is 30.7 Å². The van der Waals surface area contributed by atoms with E-state index in [1.807, 2.05) is 35.8 Å². The number of nitrogens with zero attached hydrogens (tertiary/aromatic N) is 5. The Labute approximate surface area is 168 Å². The minimum Gasteiger partial charge on any atom is -0.464 e. The highest BCUT2D eigenvalue weighted by Crippen LogP contribution is 2.28. The van der Waals surface area contributed by atoms with Crippen LogP contribution < -0.4 is 10.5 Å². The first-order valence-electron chi connectivity index (χ1n) is 8.57. The van der Waals surface area contributed by atoms with Gasteiger partial charge in [0.25, 0.3) is 0 Å². The minimum absolute atomic E-state index is 0.174. The Kier molecular flexibility index (Phi) is 4.91. The number of fused-ring (bicyclic) bond motifs is 1. The maximum Gasteiger partial charge on any atom is 0.320 e. The van der Waals surface area contributed by atoms with E-state index in [1.165, 1.54) is 6.07 Å². The Bertz CT molecular complexity index is 1150. The predicted molar refractivity (Wildman–Crippen MR) is 107 cm³/mol. The van der Waals surface area contributed by atoms with Gasteiger partial charge in [-0.1, -0.05) is 28.1 Å². The molecule has 3 aromatic heterocycles. The number of nitrogen functional groups attached to an aromatic ring is 1. The van der Waals surface area contributed by atoms with Crippen LogP contribution in [0.1, 0.15) is 12.5 Å². The van der Waals surface area contributed by atoms with Gasteiger partial charge in [-0.3, -0.25) is 4.98 Å². The highest BCUT2D eigenvalue weighted by molar-refractivity contribution is 9.10. The molecule has 0 spiro atoms. The number of nitrogens with two attached hydrogens (primary N) is 1. The van der Waals surface area contributed by atoms with E-state index >= 15 is 0 Å². The third-order valence-electron chi connectivity index (χ3n) is 4.09. The summed E-state index contributed by atoms with van der Waals surface area (Å²) in [4.78, 5) is 17.1. The second-order valence-electron chi connectivity index (χ2n) is 6.04. The summed E-state index contributed by atoms with van der Waals surface area (Å²) in [6.07, 6.45) is 2.70. The van der Waals surface area contributed by atoms with Crippen LogP contribution >= 0.6 is 15.9 Å². The zero-order valence-electron chi connectivity index (χ0n) is 14.9. The quantitative estimate of drug-likeness (QED) is 0.504. The lowest BCUT2D eigenvalue weighted by Gasteiger charge is -2.10. The predicted octanol–water partition coefficient (Wildman–Crippen LogP) is 3.82. The molecule has 0 aliphatic rings. The van der Waals surface area contributed by atoms with E-state index in [0.29, 0.717) is 35.7 Å². The standard InChI is InChI=1S/C19H16BrFN6O/c1-2-28-19-25-16(22)15-18(26-19)27(10-11-3-5-13(20)6-4-11)17(24-15)12-7-14(21)9-23-8-12/h3-9H,2,10H2,1H3,(H2,22,25,26). The van der Waals surface area contributed by atoms with E-state index in [0.717, 1.165) is 16.2 Å². The van der Waals surface area contributed by atoms with Crippen LogP contribution in [0.4, 0.5) is 10.2 Å². The molecule has 0 aliphatic heterocycles. The molecule has 0 radical (unpaired) electrons. The number of benzene rings is 1. The zero-order chi connectivity index (χ0) is 19.7. The summed E-state index contributed by atoms with van der Waals surface area (Å²) in [6.45, 7) is 2.71. The van der Waals surface area contributed by atoms with Gasteiger partial charge in [-0.25, -0.2) is 9.37 Å². The normalized spacial score (nSPS) is 11.1. The molecule has 0 unspecified atom stereocenters. The average molecular weight is 443 g/mol. The molecule has 142 valence electrons. The molecule has 0 atom stereocenters. The number of anilines is 1. The molecule has 0 saturated carbocycles. The van der Waals surface area contributed by atoms with Crippen LogP contribution in [0.25, 0.3) is 22.6 Å². The van der Waals surface area contributed by atoms with Gasteiger partial charge < -0.3 is 15.0 Å². The van der Waals surface area contributed by atoms with Crippen molar-refractivity contribution in [1.29, 1.82) is 0 Å². The van der Waals surface area contributed by atoms with E-state index in [2.05, 4.69) is 35.9 Å². The number of rotatable bonds is 5. The monoisotopic (exact) mass is 442 g/mol. The third-order valence-corrected chi connectivity index (χ3v) is 4.62. The first-order chi connectivity index (χ1) is 13.5. The maximum atomic E-state index is 13.8. The van der Waals surface area contributed by atoms with Gasteiger partial charge in [0.1, 0.15) is 11.6 Å². The summed E-state index contributed by atoms with van der Waals surface area (Å²) in [5.41, 5.74) is 8.57. The van der Waals surface area contributed by atoms with Crippen LogP contribution in [-0.2, 0) is 6.54 Å². The van der Waals surface area contributed by atoms with Crippen LogP contribution in [0.3, 0.4) is 0 Å². The van der Waals surface area contributed by atoms with Crippen molar-refractivity contribution >= 4 is 32.9 Å². The highest BCUT2D eigenvalue weighted by atomic mass is 79.9.